The number of pyridine rings is 1. The van der Waals surface area contributed by atoms with E-state index in [9.17, 15) is 0 Å². The quantitative estimate of drug-likeness (QED) is 0.792. The van der Waals surface area contributed by atoms with Crippen molar-refractivity contribution in [1.29, 1.82) is 0 Å². The Bertz CT molecular complexity index is 290. The first-order chi connectivity index (χ1) is 6.86. The van der Waals surface area contributed by atoms with Crippen LogP contribution in [0.4, 0.5) is 5.82 Å². The van der Waals surface area contributed by atoms with Crippen LogP contribution < -0.4 is 5.32 Å². The third kappa shape index (κ3) is 2.25. The summed E-state index contributed by atoms with van der Waals surface area (Å²) in [5.41, 5.74) is 1.24. The second-order valence-electron chi connectivity index (χ2n) is 4.20. The van der Waals surface area contributed by atoms with Crippen LogP contribution in [0.25, 0.3) is 0 Å². The maximum Gasteiger partial charge on any atom is 0.128 e. The normalized spacial score (nSPS) is 17.2. The average Bonchev–Trinajstić information content (AvgIpc) is 2.69. The molecule has 0 amide bonds. The number of anilines is 1. The number of nitrogens with one attached hydrogen (secondary N) is 1. The first-order valence-electron chi connectivity index (χ1n) is 5.52. The lowest BCUT2D eigenvalue weighted by molar-refractivity contribution is 0.578. The second kappa shape index (κ2) is 4.45. The Labute approximate surface area is 85.7 Å². The summed E-state index contributed by atoms with van der Waals surface area (Å²) in [5.74, 6) is 1.93. The van der Waals surface area contributed by atoms with Gasteiger partial charge in [-0.2, -0.15) is 0 Å². The van der Waals surface area contributed by atoms with E-state index in [1.165, 1.54) is 31.2 Å². The minimum absolute atomic E-state index is 0.872. The number of aryl methyl sites for hydroxylation is 1. The monoisotopic (exact) mass is 190 g/mol. The van der Waals surface area contributed by atoms with Crippen molar-refractivity contribution in [3.63, 3.8) is 0 Å². The highest BCUT2D eigenvalue weighted by molar-refractivity contribution is 5.42. The molecule has 1 aromatic rings. The Balaban J connectivity index is 1.88. The lowest BCUT2D eigenvalue weighted by Gasteiger charge is -2.12. The fourth-order valence-electron chi connectivity index (χ4n) is 2.13. The van der Waals surface area contributed by atoms with Crippen LogP contribution in [-0.4, -0.2) is 11.5 Å². The van der Waals surface area contributed by atoms with Crippen LogP contribution in [0.3, 0.4) is 0 Å². The highest BCUT2D eigenvalue weighted by Crippen LogP contribution is 2.24. The number of rotatable bonds is 3. The molecule has 0 spiro atoms. The molecular weight excluding hydrogens is 172 g/mol. The van der Waals surface area contributed by atoms with E-state index in [1.54, 1.807) is 0 Å². The van der Waals surface area contributed by atoms with E-state index in [4.69, 9.17) is 0 Å². The highest BCUT2D eigenvalue weighted by Gasteiger charge is 2.14. The molecule has 0 aromatic carbocycles. The minimum Gasteiger partial charge on any atom is -0.370 e. The van der Waals surface area contributed by atoms with Crippen molar-refractivity contribution in [2.45, 2.75) is 32.6 Å². The van der Waals surface area contributed by atoms with E-state index in [-0.39, 0.29) is 0 Å². The Morgan fingerprint density at radius 1 is 1.43 bits per heavy atom. The van der Waals surface area contributed by atoms with Crippen molar-refractivity contribution < 1.29 is 0 Å². The van der Waals surface area contributed by atoms with E-state index in [0.29, 0.717) is 0 Å². The minimum atomic E-state index is 0.872. The van der Waals surface area contributed by atoms with Gasteiger partial charge in [0.05, 0.1) is 0 Å². The van der Waals surface area contributed by atoms with Gasteiger partial charge in [0.25, 0.3) is 0 Å². The maximum absolute atomic E-state index is 4.33. The van der Waals surface area contributed by atoms with Crippen LogP contribution >= 0.6 is 0 Å². The SMILES string of the molecule is Cc1cccnc1NCC1CCCC1. The van der Waals surface area contributed by atoms with Crippen molar-refractivity contribution in [3.05, 3.63) is 23.9 Å². The lowest BCUT2D eigenvalue weighted by Crippen LogP contribution is -2.12. The largest absolute Gasteiger partial charge is 0.370 e. The maximum atomic E-state index is 4.33. The summed E-state index contributed by atoms with van der Waals surface area (Å²) < 4.78 is 0. The van der Waals surface area contributed by atoms with Crippen molar-refractivity contribution >= 4 is 5.82 Å². The fraction of sp³-hybridized carbons (Fsp3) is 0.583. The van der Waals surface area contributed by atoms with Gasteiger partial charge in [0.2, 0.25) is 0 Å². The van der Waals surface area contributed by atoms with Gasteiger partial charge in [-0.25, -0.2) is 4.98 Å². The van der Waals surface area contributed by atoms with Crippen LogP contribution in [0.1, 0.15) is 31.2 Å². The van der Waals surface area contributed by atoms with Gasteiger partial charge in [-0.15, -0.1) is 0 Å². The first kappa shape index (κ1) is 9.50. The van der Waals surface area contributed by atoms with Crippen molar-refractivity contribution in [2.24, 2.45) is 5.92 Å². The molecule has 0 aliphatic heterocycles. The molecule has 1 heterocycles. The van der Waals surface area contributed by atoms with Gasteiger partial charge < -0.3 is 5.32 Å². The molecule has 2 nitrogen and oxygen atoms in total. The molecule has 1 aliphatic rings. The molecule has 1 aliphatic carbocycles. The average molecular weight is 190 g/mol. The molecule has 2 heteroatoms. The number of aromatic nitrogens is 1. The summed E-state index contributed by atoms with van der Waals surface area (Å²) in [5, 5.41) is 3.44. The van der Waals surface area contributed by atoms with E-state index in [2.05, 4.69) is 23.3 Å². The summed E-state index contributed by atoms with van der Waals surface area (Å²) in [4.78, 5) is 4.33. The van der Waals surface area contributed by atoms with Gasteiger partial charge in [-0.3, -0.25) is 0 Å². The summed E-state index contributed by atoms with van der Waals surface area (Å²) in [7, 11) is 0. The molecule has 1 fully saturated rings. The molecule has 0 bridgehead atoms. The Kier molecular flexibility index (Phi) is 3.02. The predicted octanol–water partition coefficient (Wildman–Crippen LogP) is 2.99. The van der Waals surface area contributed by atoms with Gasteiger partial charge in [-0.1, -0.05) is 18.9 Å². The van der Waals surface area contributed by atoms with Gasteiger partial charge in [0.15, 0.2) is 0 Å². The van der Waals surface area contributed by atoms with Gasteiger partial charge in [-0.05, 0) is 37.3 Å². The van der Waals surface area contributed by atoms with Crippen LogP contribution in [0.2, 0.25) is 0 Å². The van der Waals surface area contributed by atoms with Gasteiger partial charge >= 0.3 is 0 Å². The molecule has 1 aromatic heterocycles. The molecule has 76 valence electrons. The van der Waals surface area contributed by atoms with Crippen molar-refractivity contribution in [1.82, 2.24) is 4.98 Å². The summed E-state index contributed by atoms with van der Waals surface area (Å²) >= 11 is 0. The first-order valence-corrected chi connectivity index (χ1v) is 5.52. The molecule has 14 heavy (non-hydrogen) atoms. The molecule has 0 unspecified atom stereocenters. The molecule has 0 atom stereocenters. The van der Waals surface area contributed by atoms with Crippen LogP contribution in [0.5, 0.6) is 0 Å². The topological polar surface area (TPSA) is 24.9 Å². The molecule has 0 saturated heterocycles. The standard InChI is InChI=1S/C12H18N2/c1-10-5-4-8-13-12(10)14-9-11-6-2-3-7-11/h4-5,8,11H,2-3,6-7,9H2,1H3,(H,13,14). The molecule has 1 saturated carbocycles. The lowest BCUT2D eigenvalue weighted by atomic mass is 10.1. The summed E-state index contributed by atoms with van der Waals surface area (Å²) in [6.07, 6.45) is 7.45. The molecule has 0 radical (unpaired) electrons. The zero-order valence-electron chi connectivity index (χ0n) is 8.79. The number of nitrogens with zero attached hydrogens (tertiary/aromatic N) is 1. The van der Waals surface area contributed by atoms with Gasteiger partial charge in [0, 0.05) is 12.7 Å². The van der Waals surface area contributed by atoms with E-state index in [0.717, 1.165) is 18.3 Å². The third-order valence-electron chi connectivity index (χ3n) is 3.04. The smallest absolute Gasteiger partial charge is 0.128 e. The molecular formula is C12H18N2. The van der Waals surface area contributed by atoms with Crippen LogP contribution in [0, 0.1) is 12.8 Å². The Morgan fingerprint density at radius 3 is 2.93 bits per heavy atom. The zero-order chi connectivity index (χ0) is 9.80. The zero-order valence-corrected chi connectivity index (χ0v) is 8.79. The fourth-order valence-corrected chi connectivity index (χ4v) is 2.13. The van der Waals surface area contributed by atoms with Crippen molar-refractivity contribution in [3.8, 4) is 0 Å². The van der Waals surface area contributed by atoms with E-state index < -0.39 is 0 Å². The van der Waals surface area contributed by atoms with Crippen molar-refractivity contribution in [2.75, 3.05) is 11.9 Å². The summed E-state index contributed by atoms with van der Waals surface area (Å²) in [6, 6.07) is 4.08. The predicted molar refractivity (Wildman–Crippen MR) is 59.4 cm³/mol. The highest BCUT2D eigenvalue weighted by atomic mass is 15.0. The molecule has 1 N–H and O–H groups in total. The molecule has 2 rings (SSSR count). The van der Waals surface area contributed by atoms with Crippen LogP contribution in [-0.2, 0) is 0 Å². The third-order valence-corrected chi connectivity index (χ3v) is 3.04. The number of hydrogen-bond acceptors (Lipinski definition) is 2. The van der Waals surface area contributed by atoms with E-state index >= 15 is 0 Å². The Morgan fingerprint density at radius 2 is 2.21 bits per heavy atom. The number of hydrogen-bond donors (Lipinski definition) is 1. The van der Waals surface area contributed by atoms with Gasteiger partial charge in [0.1, 0.15) is 5.82 Å². The second-order valence-corrected chi connectivity index (χ2v) is 4.20. The Hall–Kier alpha value is -1.05. The summed E-state index contributed by atoms with van der Waals surface area (Å²) in [6.45, 7) is 3.20. The van der Waals surface area contributed by atoms with Crippen LogP contribution in [0.15, 0.2) is 18.3 Å². The van der Waals surface area contributed by atoms with E-state index in [1.807, 2.05) is 12.3 Å².